The minimum Gasteiger partial charge on any atom is -0.325 e. The van der Waals surface area contributed by atoms with Crippen molar-refractivity contribution < 1.29 is 35.2 Å². The van der Waals surface area contributed by atoms with E-state index < -0.39 is 58.1 Å². The fourth-order valence-electron chi connectivity index (χ4n) is 2.98. The van der Waals surface area contributed by atoms with Crippen molar-refractivity contribution in [2.24, 2.45) is 0 Å². The number of nitrogens with one attached hydrogen (secondary N) is 1. The average molecular weight is 519 g/mol. The molecule has 1 N–H and O–H groups in total. The molecule has 0 saturated carbocycles. The van der Waals surface area contributed by atoms with Crippen LogP contribution in [-0.2, 0) is 27.5 Å². The van der Waals surface area contributed by atoms with Gasteiger partial charge in [0.15, 0.2) is 0 Å². The fraction of sp³-hybridized carbons (Fsp3) is 0.136. The van der Waals surface area contributed by atoms with Gasteiger partial charge in [-0.15, -0.1) is 0 Å². The predicted molar refractivity (Wildman–Crippen MR) is 115 cm³/mol. The molecule has 0 aliphatic carbocycles. The molecule has 0 bridgehead atoms. The highest BCUT2D eigenvalue weighted by molar-refractivity contribution is 7.89. The number of hydrogen-bond donors (Lipinski definition) is 1. The summed E-state index contributed by atoms with van der Waals surface area (Å²) in [6, 6.07) is 12.1. The summed E-state index contributed by atoms with van der Waals surface area (Å²) in [5.74, 6) is -3.27. The summed E-state index contributed by atoms with van der Waals surface area (Å²) in [6.07, 6.45) is -5.00. The number of nitrogens with zero attached hydrogens (tertiary/aromatic N) is 1. The van der Waals surface area contributed by atoms with Crippen LogP contribution < -0.4 is 5.32 Å². The molecule has 0 heterocycles. The van der Waals surface area contributed by atoms with Gasteiger partial charge in [-0.25, -0.2) is 17.2 Å². The van der Waals surface area contributed by atoms with E-state index in [1.165, 1.54) is 42.5 Å². The first-order chi connectivity index (χ1) is 15.9. The van der Waals surface area contributed by atoms with Gasteiger partial charge in [0.25, 0.3) is 0 Å². The molecule has 12 heteroatoms. The van der Waals surface area contributed by atoms with Gasteiger partial charge in [0.05, 0.1) is 17.0 Å². The molecule has 180 valence electrons. The Kier molecular flexibility index (Phi) is 7.59. The number of benzene rings is 3. The molecule has 0 spiro atoms. The van der Waals surface area contributed by atoms with Crippen LogP contribution in [0.3, 0.4) is 0 Å². The highest BCUT2D eigenvalue weighted by atomic mass is 35.5. The highest BCUT2D eigenvalue weighted by Crippen LogP contribution is 2.33. The van der Waals surface area contributed by atoms with Gasteiger partial charge in [-0.05, 0) is 48.5 Å². The SMILES string of the molecule is O=C(CN(Cc1ccccc1F)S(=O)(=O)c1ccc(Cl)cc1)Nc1ccc(F)c(C(F)(F)F)c1. The van der Waals surface area contributed by atoms with E-state index >= 15 is 0 Å². The van der Waals surface area contributed by atoms with E-state index in [4.69, 9.17) is 11.6 Å². The van der Waals surface area contributed by atoms with Crippen molar-refractivity contribution >= 4 is 33.2 Å². The zero-order valence-electron chi connectivity index (χ0n) is 17.1. The maximum absolute atomic E-state index is 14.2. The number of alkyl halides is 3. The molecule has 3 aromatic rings. The molecular weight excluding hydrogens is 503 g/mol. The quantitative estimate of drug-likeness (QED) is 0.422. The second-order valence-electron chi connectivity index (χ2n) is 7.06. The number of amides is 1. The molecule has 0 atom stereocenters. The number of carbonyl (C=O) groups excluding carboxylic acids is 1. The van der Waals surface area contributed by atoms with Crippen LogP contribution in [-0.4, -0.2) is 25.2 Å². The molecule has 5 nitrogen and oxygen atoms in total. The lowest BCUT2D eigenvalue weighted by molar-refractivity contribution is -0.140. The Morgan fingerprint density at radius 3 is 2.21 bits per heavy atom. The predicted octanol–water partition coefficient (Wildman–Crippen LogP) is 5.47. The van der Waals surface area contributed by atoms with E-state index in [2.05, 4.69) is 5.32 Å². The number of sulfonamides is 1. The summed E-state index contributed by atoms with van der Waals surface area (Å²) in [5, 5.41) is 2.38. The molecule has 0 saturated heterocycles. The average Bonchev–Trinajstić information content (AvgIpc) is 2.75. The Hall–Kier alpha value is -3.02. The van der Waals surface area contributed by atoms with E-state index in [0.717, 1.165) is 12.1 Å². The van der Waals surface area contributed by atoms with Crippen molar-refractivity contribution in [3.05, 3.63) is 94.5 Å². The summed E-state index contributed by atoms with van der Waals surface area (Å²) >= 11 is 5.79. The van der Waals surface area contributed by atoms with Crippen LogP contribution in [0, 0.1) is 11.6 Å². The normalized spacial score (nSPS) is 12.1. The third-order valence-corrected chi connectivity index (χ3v) is 6.69. The number of halogens is 6. The van der Waals surface area contributed by atoms with E-state index in [0.29, 0.717) is 16.4 Å². The first-order valence-corrected chi connectivity index (χ1v) is 11.4. The van der Waals surface area contributed by atoms with Gasteiger partial charge in [-0.2, -0.15) is 17.5 Å². The molecule has 0 aliphatic rings. The van der Waals surface area contributed by atoms with Gasteiger partial charge in [0.1, 0.15) is 11.6 Å². The van der Waals surface area contributed by atoms with Crippen molar-refractivity contribution in [3.8, 4) is 0 Å². The van der Waals surface area contributed by atoms with Gasteiger partial charge in [0, 0.05) is 22.8 Å². The summed E-state index contributed by atoms with van der Waals surface area (Å²) in [6.45, 7) is -1.40. The topological polar surface area (TPSA) is 66.5 Å². The van der Waals surface area contributed by atoms with E-state index in [1.807, 2.05) is 0 Å². The molecular formula is C22H16ClF5N2O3S. The zero-order valence-corrected chi connectivity index (χ0v) is 18.7. The fourth-order valence-corrected chi connectivity index (χ4v) is 4.48. The largest absolute Gasteiger partial charge is 0.419 e. The van der Waals surface area contributed by atoms with E-state index in [9.17, 15) is 35.2 Å². The summed E-state index contributed by atoms with van der Waals surface area (Å²) in [7, 11) is -4.35. The Morgan fingerprint density at radius 1 is 0.941 bits per heavy atom. The summed E-state index contributed by atoms with van der Waals surface area (Å²) in [4.78, 5) is 12.3. The van der Waals surface area contributed by atoms with Crippen molar-refractivity contribution in [1.82, 2.24) is 4.31 Å². The molecule has 1 amide bonds. The van der Waals surface area contributed by atoms with Crippen molar-refractivity contribution in [2.45, 2.75) is 17.6 Å². The Balaban J connectivity index is 1.90. The standard InChI is InChI=1S/C22H16ClF5N2O3S/c23-15-5-8-17(9-6-15)34(32,33)30(12-14-3-1-2-4-19(14)24)13-21(31)29-16-7-10-20(25)18(11-16)22(26,27)28/h1-11H,12-13H2,(H,29,31). The first-order valence-electron chi connectivity index (χ1n) is 9.53. The van der Waals surface area contributed by atoms with Crippen LogP contribution in [0.5, 0.6) is 0 Å². The minimum absolute atomic E-state index is 0.0334. The number of rotatable bonds is 7. The molecule has 0 radical (unpaired) electrons. The minimum atomic E-state index is -5.00. The highest BCUT2D eigenvalue weighted by Gasteiger charge is 2.34. The number of carbonyl (C=O) groups is 1. The summed E-state index contributed by atoms with van der Waals surface area (Å²) < 4.78 is 93.5. The van der Waals surface area contributed by atoms with Crippen LogP contribution in [0.15, 0.2) is 71.6 Å². The molecule has 3 aromatic carbocycles. The first kappa shape index (κ1) is 25.6. The maximum Gasteiger partial charge on any atom is 0.419 e. The third-order valence-electron chi connectivity index (χ3n) is 4.63. The van der Waals surface area contributed by atoms with Crippen molar-refractivity contribution in [1.29, 1.82) is 0 Å². The van der Waals surface area contributed by atoms with Gasteiger partial charge in [-0.3, -0.25) is 4.79 Å². The van der Waals surface area contributed by atoms with Gasteiger partial charge in [-0.1, -0.05) is 29.8 Å². The Labute approximate surface area is 196 Å². The Morgan fingerprint density at radius 2 is 1.59 bits per heavy atom. The van der Waals surface area contributed by atoms with Crippen LogP contribution in [0.2, 0.25) is 5.02 Å². The van der Waals surface area contributed by atoms with Crippen LogP contribution >= 0.6 is 11.6 Å². The van der Waals surface area contributed by atoms with E-state index in [1.54, 1.807) is 0 Å². The molecule has 0 fully saturated rings. The van der Waals surface area contributed by atoms with Crippen LogP contribution in [0.1, 0.15) is 11.1 Å². The van der Waals surface area contributed by atoms with Crippen LogP contribution in [0.4, 0.5) is 27.6 Å². The lowest BCUT2D eigenvalue weighted by Crippen LogP contribution is -2.37. The molecule has 34 heavy (non-hydrogen) atoms. The van der Waals surface area contributed by atoms with Crippen molar-refractivity contribution in [3.63, 3.8) is 0 Å². The summed E-state index contributed by atoms with van der Waals surface area (Å²) in [5.41, 5.74) is -2.02. The molecule has 0 unspecified atom stereocenters. The van der Waals surface area contributed by atoms with Gasteiger partial charge < -0.3 is 5.32 Å². The van der Waals surface area contributed by atoms with E-state index in [-0.39, 0.29) is 15.5 Å². The molecule has 0 aliphatic heterocycles. The second-order valence-corrected chi connectivity index (χ2v) is 9.43. The smallest absolute Gasteiger partial charge is 0.325 e. The molecule has 0 aromatic heterocycles. The number of anilines is 1. The second kappa shape index (κ2) is 10.1. The van der Waals surface area contributed by atoms with Gasteiger partial charge >= 0.3 is 6.18 Å². The van der Waals surface area contributed by atoms with Gasteiger partial charge in [0.2, 0.25) is 15.9 Å². The maximum atomic E-state index is 14.2. The monoisotopic (exact) mass is 518 g/mol. The lowest BCUT2D eigenvalue weighted by atomic mass is 10.2. The number of hydrogen-bond acceptors (Lipinski definition) is 3. The third kappa shape index (κ3) is 6.10. The lowest BCUT2D eigenvalue weighted by Gasteiger charge is -2.22. The van der Waals surface area contributed by atoms with Crippen LogP contribution in [0.25, 0.3) is 0 Å². The Bertz CT molecular complexity index is 1300. The zero-order chi connectivity index (χ0) is 25.1. The van der Waals surface area contributed by atoms with Crippen molar-refractivity contribution in [2.75, 3.05) is 11.9 Å². The molecule has 3 rings (SSSR count).